The maximum Gasteiger partial charge on any atom is 0.143 e. The fourth-order valence-electron chi connectivity index (χ4n) is 2.46. The normalized spacial score (nSPS) is 17.1. The molecule has 1 fully saturated rings. The number of nitrogens with two attached hydrogens (primary N) is 1. The third-order valence-electron chi connectivity index (χ3n) is 3.55. The Labute approximate surface area is 120 Å². The van der Waals surface area contributed by atoms with E-state index in [2.05, 4.69) is 4.90 Å². The molecular weight excluding hydrogens is 260 g/mol. The van der Waals surface area contributed by atoms with Crippen molar-refractivity contribution >= 4 is 17.3 Å². The average Bonchev–Trinajstić information content (AvgIpc) is 2.67. The SMILES string of the molecule is Nc1ccc(Cl)cc1OCCCN1CCCCCC1. The van der Waals surface area contributed by atoms with Crippen molar-refractivity contribution < 1.29 is 4.74 Å². The van der Waals surface area contributed by atoms with Crippen LogP contribution in [0.1, 0.15) is 32.1 Å². The van der Waals surface area contributed by atoms with Gasteiger partial charge < -0.3 is 15.4 Å². The van der Waals surface area contributed by atoms with Crippen LogP contribution in [0.15, 0.2) is 18.2 Å². The maximum atomic E-state index is 5.93. The molecule has 0 radical (unpaired) electrons. The maximum absolute atomic E-state index is 5.93. The first-order chi connectivity index (χ1) is 9.25. The Morgan fingerprint density at radius 1 is 1.16 bits per heavy atom. The van der Waals surface area contributed by atoms with E-state index in [0.717, 1.165) is 13.0 Å². The summed E-state index contributed by atoms with van der Waals surface area (Å²) in [5, 5.41) is 0.664. The predicted octanol–water partition coefficient (Wildman–Crippen LogP) is 3.57. The molecule has 0 saturated carbocycles. The van der Waals surface area contributed by atoms with E-state index in [4.69, 9.17) is 22.1 Å². The Kier molecular flexibility index (Phi) is 5.80. The summed E-state index contributed by atoms with van der Waals surface area (Å²) >= 11 is 5.93. The van der Waals surface area contributed by atoms with E-state index in [9.17, 15) is 0 Å². The summed E-state index contributed by atoms with van der Waals surface area (Å²) in [6.07, 6.45) is 6.47. The van der Waals surface area contributed by atoms with E-state index >= 15 is 0 Å². The highest BCUT2D eigenvalue weighted by atomic mass is 35.5. The third kappa shape index (κ3) is 4.92. The zero-order chi connectivity index (χ0) is 13.5. The highest BCUT2D eigenvalue weighted by Gasteiger charge is 2.08. The molecule has 0 bridgehead atoms. The summed E-state index contributed by atoms with van der Waals surface area (Å²) in [6.45, 7) is 4.28. The summed E-state index contributed by atoms with van der Waals surface area (Å²) in [7, 11) is 0. The minimum absolute atomic E-state index is 0.652. The van der Waals surface area contributed by atoms with Gasteiger partial charge in [-0.3, -0.25) is 0 Å². The zero-order valence-corrected chi connectivity index (χ0v) is 12.2. The second-order valence-electron chi connectivity index (χ2n) is 5.14. The molecule has 0 aliphatic carbocycles. The van der Waals surface area contributed by atoms with Crippen molar-refractivity contribution in [2.45, 2.75) is 32.1 Å². The second-order valence-corrected chi connectivity index (χ2v) is 5.58. The number of hydrogen-bond acceptors (Lipinski definition) is 3. The largest absolute Gasteiger partial charge is 0.491 e. The number of nitrogens with zero attached hydrogens (tertiary/aromatic N) is 1. The van der Waals surface area contributed by atoms with Crippen molar-refractivity contribution in [2.24, 2.45) is 0 Å². The molecule has 1 aliphatic heterocycles. The van der Waals surface area contributed by atoms with Crippen LogP contribution in [0.5, 0.6) is 5.75 Å². The molecule has 0 unspecified atom stereocenters. The van der Waals surface area contributed by atoms with Gasteiger partial charge in [-0.2, -0.15) is 0 Å². The Morgan fingerprint density at radius 2 is 1.89 bits per heavy atom. The molecule has 106 valence electrons. The molecule has 1 aliphatic rings. The van der Waals surface area contributed by atoms with Crippen molar-refractivity contribution in [3.63, 3.8) is 0 Å². The van der Waals surface area contributed by atoms with Crippen LogP contribution in [0.2, 0.25) is 5.02 Å². The lowest BCUT2D eigenvalue weighted by atomic mass is 10.2. The number of likely N-dealkylation sites (tertiary alicyclic amines) is 1. The van der Waals surface area contributed by atoms with Crippen molar-refractivity contribution in [2.75, 3.05) is 32.0 Å². The number of nitrogen functional groups attached to an aromatic ring is 1. The minimum atomic E-state index is 0.652. The summed E-state index contributed by atoms with van der Waals surface area (Å²) in [6, 6.07) is 5.34. The van der Waals surface area contributed by atoms with Gasteiger partial charge >= 0.3 is 0 Å². The van der Waals surface area contributed by atoms with Gasteiger partial charge in [0.15, 0.2) is 0 Å². The van der Waals surface area contributed by atoms with E-state index in [-0.39, 0.29) is 0 Å². The molecule has 2 N–H and O–H groups in total. The lowest BCUT2D eigenvalue weighted by molar-refractivity contribution is 0.240. The average molecular weight is 283 g/mol. The molecule has 2 rings (SSSR count). The highest BCUT2D eigenvalue weighted by Crippen LogP contribution is 2.25. The van der Waals surface area contributed by atoms with Crippen molar-refractivity contribution in [1.82, 2.24) is 4.90 Å². The van der Waals surface area contributed by atoms with Crippen LogP contribution in [0.3, 0.4) is 0 Å². The highest BCUT2D eigenvalue weighted by molar-refractivity contribution is 6.30. The minimum Gasteiger partial charge on any atom is -0.491 e. The first kappa shape index (κ1) is 14.5. The molecule has 0 atom stereocenters. The fourth-order valence-corrected chi connectivity index (χ4v) is 2.63. The molecule has 1 aromatic carbocycles. The summed E-state index contributed by atoms with van der Waals surface area (Å²) in [5.74, 6) is 0.698. The predicted molar refractivity (Wildman–Crippen MR) is 80.9 cm³/mol. The Hall–Kier alpha value is -0.930. The van der Waals surface area contributed by atoms with E-state index < -0.39 is 0 Å². The number of anilines is 1. The lowest BCUT2D eigenvalue weighted by Gasteiger charge is -2.19. The molecule has 0 amide bonds. The first-order valence-electron chi connectivity index (χ1n) is 7.16. The Balaban J connectivity index is 1.69. The van der Waals surface area contributed by atoms with Crippen LogP contribution in [0, 0.1) is 0 Å². The monoisotopic (exact) mass is 282 g/mol. The number of hydrogen-bond donors (Lipinski definition) is 1. The summed E-state index contributed by atoms with van der Waals surface area (Å²) in [4.78, 5) is 2.54. The van der Waals surface area contributed by atoms with Gasteiger partial charge in [-0.15, -0.1) is 0 Å². The van der Waals surface area contributed by atoms with Crippen LogP contribution < -0.4 is 10.5 Å². The van der Waals surface area contributed by atoms with E-state index in [1.165, 1.54) is 38.8 Å². The van der Waals surface area contributed by atoms with Crippen LogP contribution in [-0.4, -0.2) is 31.1 Å². The third-order valence-corrected chi connectivity index (χ3v) is 3.79. The Morgan fingerprint density at radius 3 is 2.63 bits per heavy atom. The molecule has 4 heteroatoms. The molecule has 0 spiro atoms. The van der Waals surface area contributed by atoms with Crippen molar-refractivity contribution in [1.29, 1.82) is 0 Å². The smallest absolute Gasteiger partial charge is 0.143 e. The zero-order valence-electron chi connectivity index (χ0n) is 11.4. The second kappa shape index (κ2) is 7.61. The van der Waals surface area contributed by atoms with Crippen molar-refractivity contribution in [3.05, 3.63) is 23.2 Å². The van der Waals surface area contributed by atoms with Crippen molar-refractivity contribution in [3.8, 4) is 5.75 Å². The van der Waals surface area contributed by atoms with E-state index in [1.54, 1.807) is 18.2 Å². The summed E-state index contributed by atoms with van der Waals surface area (Å²) in [5.41, 5.74) is 6.49. The molecule has 1 aromatic rings. The Bertz CT molecular complexity index is 390. The van der Waals surface area contributed by atoms with Gasteiger partial charge in [0, 0.05) is 17.6 Å². The number of rotatable bonds is 5. The van der Waals surface area contributed by atoms with Gasteiger partial charge in [-0.1, -0.05) is 24.4 Å². The van der Waals surface area contributed by atoms with Gasteiger partial charge in [0.2, 0.25) is 0 Å². The van der Waals surface area contributed by atoms with Gasteiger partial charge in [0.25, 0.3) is 0 Å². The van der Waals surface area contributed by atoms with E-state index in [0.29, 0.717) is 23.1 Å². The van der Waals surface area contributed by atoms with Crippen LogP contribution in [0.25, 0.3) is 0 Å². The van der Waals surface area contributed by atoms with Crippen LogP contribution in [-0.2, 0) is 0 Å². The van der Waals surface area contributed by atoms with Gasteiger partial charge in [-0.05, 0) is 44.5 Å². The quantitative estimate of drug-likeness (QED) is 0.663. The van der Waals surface area contributed by atoms with Gasteiger partial charge in [-0.25, -0.2) is 0 Å². The molecular formula is C15H23ClN2O. The topological polar surface area (TPSA) is 38.5 Å². The van der Waals surface area contributed by atoms with Crippen LogP contribution in [0.4, 0.5) is 5.69 Å². The fraction of sp³-hybridized carbons (Fsp3) is 0.600. The molecule has 1 saturated heterocycles. The number of ether oxygens (including phenoxy) is 1. The molecule has 3 nitrogen and oxygen atoms in total. The lowest BCUT2D eigenvalue weighted by Crippen LogP contribution is -2.26. The number of benzene rings is 1. The first-order valence-corrected chi connectivity index (χ1v) is 7.54. The number of halogens is 1. The van der Waals surface area contributed by atoms with Gasteiger partial charge in [0.1, 0.15) is 5.75 Å². The molecule has 1 heterocycles. The standard InChI is InChI=1S/C15H23ClN2O/c16-13-6-7-14(17)15(12-13)19-11-5-10-18-8-3-1-2-4-9-18/h6-7,12H,1-5,8-11,17H2. The van der Waals surface area contributed by atoms with Crippen LogP contribution >= 0.6 is 11.6 Å². The van der Waals surface area contributed by atoms with Gasteiger partial charge in [0.05, 0.1) is 12.3 Å². The summed E-state index contributed by atoms with van der Waals surface area (Å²) < 4.78 is 5.70. The molecule has 0 aromatic heterocycles. The molecule has 19 heavy (non-hydrogen) atoms. The van der Waals surface area contributed by atoms with E-state index in [1.807, 2.05) is 0 Å².